The summed E-state index contributed by atoms with van der Waals surface area (Å²) >= 11 is 2.10. The van der Waals surface area contributed by atoms with E-state index in [2.05, 4.69) is 33.2 Å². The Kier molecular flexibility index (Phi) is 6.91. The van der Waals surface area contributed by atoms with Gasteiger partial charge in [-0.25, -0.2) is 13.6 Å². The van der Waals surface area contributed by atoms with Crippen LogP contribution in [0.5, 0.6) is 0 Å². The Morgan fingerprint density at radius 1 is 1.10 bits per heavy atom. The number of carboxylic acid groups (broad SMARTS) is 1. The minimum Gasteiger partial charge on any atom is -0.478 e. The standard InChI is InChI=1S/C21H21F2IN2O4/c1-10-8-11(24)6-7-14(10)25-19-13(21(29)30)9-12(17(22)18(19)23)20(28)26-15-4-2-3-5-16(15)27/h6-9,15-16,25,27H,2-5H2,1H3,(H,26,28)(H,29,30)/t15-,16?/m0/s1. The first-order valence-electron chi connectivity index (χ1n) is 9.46. The highest BCUT2D eigenvalue weighted by molar-refractivity contribution is 14.1. The molecule has 2 aromatic rings. The lowest BCUT2D eigenvalue weighted by molar-refractivity contribution is 0.0696. The molecule has 1 unspecified atom stereocenters. The first kappa shape index (κ1) is 22.4. The highest BCUT2D eigenvalue weighted by Crippen LogP contribution is 2.31. The number of carboxylic acids is 1. The fraction of sp³-hybridized carbons (Fsp3) is 0.333. The maximum atomic E-state index is 14.9. The van der Waals surface area contributed by atoms with Crippen molar-refractivity contribution in [3.8, 4) is 0 Å². The van der Waals surface area contributed by atoms with Crippen LogP contribution in [0.1, 0.15) is 52.0 Å². The van der Waals surface area contributed by atoms with Crippen molar-refractivity contribution in [1.29, 1.82) is 0 Å². The molecule has 1 saturated carbocycles. The molecular weight excluding hydrogens is 509 g/mol. The lowest BCUT2D eigenvalue weighted by Gasteiger charge is -2.28. The van der Waals surface area contributed by atoms with Crippen LogP contribution in [-0.4, -0.2) is 34.2 Å². The van der Waals surface area contributed by atoms with E-state index in [0.29, 0.717) is 24.1 Å². The number of anilines is 2. The van der Waals surface area contributed by atoms with Crippen LogP contribution in [0, 0.1) is 22.1 Å². The number of carbonyl (C=O) groups excluding carboxylic acids is 1. The smallest absolute Gasteiger partial charge is 0.337 e. The van der Waals surface area contributed by atoms with Crippen LogP contribution < -0.4 is 10.6 Å². The summed E-state index contributed by atoms with van der Waals surface area (Å²) in [6.07, 6.45) is 1.84. The van der Waals surface area contributed by atoms with Crippen molar-refractivity contribution in [3.05, 3.63) is 56.2 Å². The zero-order valence-electron chi connectivity index (χ0n) is 16.1. The molecule has 0 spiro atoms. The summed E-state index contributed by atoms with van der Waals surface area (Å²) in [7, 11) is 0. The van der Waals surface area contributed by atoms with Crippen LogP contribution >= 0.6 is 22.6 Å². The second-order valence-corrected chi connectivity index (χ2v) is 8.54. The number of benzene rings is 2. The number of halogens is 3. The molecule has 1 aliphatic carbocycles. The summed E-state index contributed by atoms with van der Waals surface area (Å²) in [5, 5.41) is 24.7. The fourth-order valence-electron chi connectivity index (χ4n) is 3.51. The van der Waals surface area contributed by atoms with Gasteiger partial charge >= 0.3 is 5.97 Å². The molecule has 1 amide bonds. The third kappa shape index (κ3) is 4.72. The van der Waals surface area contributed by atoms with Crippen molar-refractivity contribution in [2.75, 3.05) is 5.32 Å². The van der Waals surface area contributed by atoms with E-state index in [1.807, 2.05) is 0 Å². The van der Waals surface area contributed by atoms with Gasteiger partial charge in [-0.2, -0.15) is 0 Å². The topological polar surface area (TPSA) is 98.7 Å². The number of rotatable bonds is 5. The minimum absolute atomic E-state index is 0.416. The Balaban J connectivity index is 1.97. The van der Waals surface area contributed by atoms with E-state index in [0.717, 1.165) is 22.5 Å². The van der Waals surface area contributed by atoms with Gasteiger partial charge < -0.3 is 20.8 Å². The van der Waals surface area contributed by atoms with Crippen LogP contribution in [0.25, 0.3) is 0 Å². The van der Waals surface area contributed by atoms with Gasteiger partial charge in [-0.3, -0.25) is 4.79 Å². The Labute approximate surface area is 185 Å². The molecule has 3 rings (SSSR count). The Morgan fingerprint density at radius 3 is 2.43 bits per heavy atom. The predicted octanol–water partition coefficient (Wildman–Crippen LogP) is 4.35. The van der Waals surface area contributed by atoms with Crippen LogP contribution in [0.2, 0.25) is 0 Å². The molecule has 160 valence electrons. The van der Waals surface area contributed by atoms with Crippen molar-refractivity contribution >= 4 is 45.8 Å². The number of amides is 1. The number of hydrogen-bond donors (Lipinski definition) is 4. The summed E-state index contributed by atoms with van der Waals surface area (Å²) in [6.45, 7) is 1.75. The zero-order valence-corrected chi connectivity index (χ0v) is 18.3. The lowest BCUT2D eigenvalue weighted by Crippen LogP contribution is -2.45. The first-order valence-corrected chi connectivity index (χ1v) is 10.5. The lowest BCUT2D eigenvalue weighted by atomic mass is 9.92. The average Bonchev–Trinajstić information content (AvgIpc) is 2.68. The number of carbonyl (C=O) groups is 2. The van der Waals surface area contributed by atoms with Gasteiger partial charge in [-0.1, -0.05) is 12.8 Å². The van der Waals surface area contributed by atoms with Crippen molar-refractivity contribution in [2.45, 2.75) is 44.8 Å². The second kappa shape index (κ2) is 9.25. The molecule has 2 atom stereocenters. The van der Waals surface area contributed by atoms with E-state index in [9.17, 15) is 28.6 Å². The van der Waals surface area contributed by atoms with Crippen molar-refractivity contribution in [3.63, 3.8) is 0 Å². The van der Waals surface area contributed by atoms with E-state index in [1.165, 1.54) is 0 Å². The zero-order chi connectivity index (χ0) is 22.0. The minimum atomic E-state index is -1.51. The average molecular weight is 530 g/mol. The van der Waals surface area contributed by atoms with Gasteiger partial charge in [0, 0.05) is 9.26 Å². The highest BCUT2D eigenvalue weighted by Gasteiger charge is 2.29. The molecule has 4 N–H and O–H groups in total. The summed E-state index contributed by atoms with van der Waals surface area (Å²) in [6, 6.07) is 5.40. The molecule has 30 heavy (non-hydrogen) atoms. The molecule has 0 bridgehead atoms. The van der Waals surface area contributed by atoms with Crippen molar-refractivity contribution < 1.29 is 28.6 Å². The molecule has 1 fully saturated rings. The summed E-state index contributed by atoms with van der Waals surface area (Å²) < 4.78 is 30.5. The van der Waals surface area contributed by atoms with E-state index in [-0.39, 0.29) is 0 Å². The molecule has 0 aromatic heterocycles. The second-order valence-electron chi connectivity index (χ2n) is 7.30. The fourth-order valence-corrected chi connectivity index (χ4v) is 4.16. The Morgan fingerprint density at radius 2 is 1.80 bits per heavy atom. The van der Waals surface area contributed by atoms with Gasteiger partial charge in [0.25, 0.3) is 5.91 Å². The molecule has 0 aliphatic heterocycles. The first-order chi connectivity index (χ1) is 14.2. The molecule has 0 heterocycles. The summed E-state index contributed by atoms with van der Waals surface area (Å²) in [5.74, 6) is -5.38. The number of aliphatic hydroxyl groups excluding tert-OH is 1. The number of aryl methyl sites for hydroxylation is 1. The van der Waals surface area contributed by atoms with Gasteiger partial charge in [-0.05, 0) is 72.2 Å². The Bertz CT molecular complexity index is 999. The van der Waals surface area contributed by atoms with Gasteiger partial charge in [0.15, 0.2) is 11.6 Å². The molecular formula is C21H21F2IN2O4. The quantitative estimate of drug-likeness (QED) is 0.431. The molecule has 0 radical (unpaired) electrons. The van der Waals surface area contributed by atoms with Crippen molar-refractivity contribution in [2.24, 2.45) is 0 Å². The largest absolute Gasteiger partial charge is 0.478 e. The van der Waals surface area contributed by atoms with Gasteiger partial charge in [0.05, 0.1) is 29.0 Å². The number of nitrogens with one attached hydrogen (secondary N) is 2. The molecule has 9 heteroatoms. The summed E-state index contributed by atoms with van der Waals surface area (Å²) in [4.78, 5) is 24.3. The third-order valence-corrected chi connectivity index (χ3v) is 5.85. The maximum absolute atomic E-state index is 14.9. The van der Waals surface area contributed by atoms with Gasteiger partial charge in [0.1, 0.15) is 0 Å². The number of aromatic carboxylic acids is 1. The molecule has 2 aromatic carbocycles. The Hall–Kier alpha value is -2.27. The third-order valence-electron chi connectivity index (χ3n) is 5.18. The van der Waals surface area contributed by atoms with Crippen LogP contribution in [0.4, 0.5) is 20.2 Å². The predicted molar refractivity (Wildman–Crippen MR) is 116 cm³/mol. The van der Waals surface area contributed by atoms with E-state index in [4.69, 9.17) is 0 Å². The number of aliphatic hydroxyl groups is 1. The molecule has 0 saturated heterocycles. The molecule has 6 nitrogen and oxygen atoms in total. The van der Waals surface area contributed by atoms with Crippen LogP contribution in [0.15, 0.2) is 24.3 Å². The van der Waals surface area contributed by atoms with E-state index < -0.39 is 52.5 Å². The SMILES string of the molecule is Cc1cc(I)ccc1Nc1c(C(=O)O)cc(C(=O)N[C@H]2CCCCC2O)c(F)c1F. The normalized spacial score (nSPS) is 18.7. The molecule has 1 aliphatic rings. The van der Waals surface area contributed by atoms with Crippen molar-refractivity contribution in [1.82, 2.24) is 5.32 Å². The monoisotopic (exact) mass is 530 g/mol. The van der Waals surface area contributed by atoms with Gasteiger partial charge in [-0.15, -0.1) is 0 Å². The number of hydrogen-bond acceptors (Lipinski definition) is 4. The van der Waals surface area contributed by atoms with Gasteiger partial charge in [0.2, 0.25) is 0 Å². The highest BCUT2D eigenvalue weighted by atomic mass is 127. The van der Waals surface area contributed by atoms with E-state index >= 15 is 0 Å². The summed E-state index contributed by atoms with van der Waals surface area (Å²) in [5.41, 5.74) is -0.711. The maximum Gasteiger partial charge on any atom is 0.337 e. The van der Waals surface area contributed by atoms with Crippen LogP contribution in [-0.2, 0) is 0 Å². The van der Waals surface area contributed by atoms with Crippen LogP contribution in [0.3, 0.4) is 0 Å². The van der Waals surface area contributed by atoms with E-state index in [1.54, 1.807) is 25.1 Å².